The molecular weight excluding hydrogens is 435 g/mol. The minimum absolute atomic E-state index is 0.0916. The lowest BCUT2D eigenvalue weighted by atomic mass is 10.1. The van der Waals surface area contributed by atoms with Crippen LogP contribution in [0.25, 0.3) is 0 Å². The molecule has 0 saturated carbocycles. The van der Waals surface area contributed by atoms with Crippen molar-refractivity contribution in [2.24, 2.45) is 4.99 Å². The van der Waals surface area contributed by atoms with Crippen LogP contribution in [0.1, 0.15) is 12.5 Å². The second-order valence-corrected chi connectivity index (χ2v) is 8.30. The third kappa shape index (κ3) is 4.26. The maximum atomic E-state index is 13.5. The van der Waals surface area contributed by atoms with Crippen LogP contribution in [-0.4, -0.2) is 54.5 Å². The first-order valence-corrected chi connectivity index (χ1v) is 11.1. The molecule has 0 radical (unpaired) electrons. The molecule has 3 aromatic rings. The van der Waals surface area contributed by atoms with E-state index in [1.165, 1.54) is 12.1 Å². The third-order valence-corrected chi connectivity index (χ3v) is 6.00. The molecule has 3 aromatic carbocycles. The third-order valence-electron chi connectivity index (χ3n) is 6.00. The van der Waals surface area contributed by atoms with Crippen molar-refractivity contribution in [2.75, 3.05) is 32.1 Å². The summed E-state index contributed by atoms with van der Waals surface area (Å²) in [6.07, 6.45) is 0. The van der Waals surface area contributed by atoms with Crippen molar-refractivity contribution in [3.8, 4) is 17.2 Å². The van der Waals surface area contributed by atoms with Gasteiger partial charge in [0.25, 0.3) is 0 Å². The number of nitrogens with one attached hydrogen (secondary N) is 1. The summed E-state index contributed by atoms with van der Waals surface area (Å²) in [5.41, 5.74) is 2.04. The van der Waals surface area contributed by atoms with Gasteiger partial charge in [-0.25, -0.2) is 14.2 Å². The Morgan fingerprint density at radius 3 is 2.74 bits per heavy atom. The quantitative estimate of drug-likeness (QED) is 0.567. The van der Waals surface area contributed by atoms with Crippen LogP contribution in [0.5, 0.6) is 17.2 Å². The predicted molar refractivity (Wildman–Crippen MR) is 129 cm³/mol. The molecule has 5 rings (SSSR count). The van der Waals surface area contributed by atoms with E-state index < -0.39 is 0 Å². The summed E-state index contributed by atoms with van der Waals surface area (Å²) in [5.74, 6) is 2.44. The normalized spacial score (nSPS) is 17.0. The number of methoxy groups -OCH3 is 1. The Kier molecular flexibility index (Phi) is 5.79. The number of rotatable bonds is 2. The van der Waals surface area contributed by atoms with Crippen LogP contribution in [-0.2, 0) is 0 Å². The van der Waals surface area contributed by atoms with E-state index in [0.29, 0.717) is 42.6 Å². The van der Waals surface area contributed by atoms with Crippen LogP contribution in [0, 0.1) is 5.82 Å². The zero-order valence-electron chi connectivity index (χ0n) is 19.0. The summed E-state index contributed by atoms with van der Waals surface area (Å²) in [5, 5.41) is 2.79. The first kappa shape index (κ1) is 21.8. The van der Waals surface area contributed by atoms with Gasteiger partial charge in [-0.15, -0.1) is 0 Å². The molecule has 2 amide bonds. The van der Waals surface area contributed by atoms with Crippen molar-refractivity contribution in [3.05, 3.63) is 78.1 Å². The molecule has 7 nitrogen and oxygen atoms in total. The van der Waals surface area contributed by atoms with Gasteiger partial charge in [-0.05, 0) is 49.4 Å². The highest BCUT2D eigenvalue weighted by atomic mass is 19.1. The number of urea groups is 1. The number of amides is 2. The number of ether oxygens (including phenoxy) is 2. The van der Waals surface area contributed by atoms with E-state index in [-0.39, 0.29) is 17.9 Å². The molecular formula is C26H25FN4O3. The van der Waals surface area contributed by atoms with Crippen LogP contribution < -0.4 is 14.8 Å². The molecule has 174 valence electrons. The number of benzene rings is 3. The fourth-order valence-corrected chi connectivity index (χ4v) is 4.28. The number of anilines is 1. The molecule has 1 fully saturated rings. The van der Waals surface area contributed by atoms with Gasteiger partial charge >= 0.3 is 6.03 Å². The van der Waals surface area contributed by atoms with Crippen LogP contribution >= 0.6 is 0 Å². The summed E-state index contributed by atoms with van der Waals surface area (Å²) < 4.78 is 25.1. The van der Waals surface area contributed by atoms with Crippen molar-refractivity contribution in [1.29, 1.82) is 0 Å². The SMILES string of the molecule is COc1ccc2c(c1)Oc1ccccc1N=C2N1CCN(C(=O)Nc2cccc(F)c2)[C@@H](C)C1. The van der Waals surface area contributed by atoms with Crippen molar-refractivity contribution >= 4 is 23.2 Å². The van der Waals surface area contributed by atoms with Crippen molar-refractivity contribution in [2.45, 2.75) is 13.0 Å². The number of para-hydroxylation sites is 2. The highest BCUT2D eigenvalue weighted by molar-refractivity contribution is 6.04. The molecule has 34 heavy (non-hydrogen) atoms. The second kappa shape index (κ2) is 9.05. The summed E-state index contributed by atoms with van der Waals surface area (Å²) >= 11 is 0. The number of fused-ring (bicyclic) bond motifs is 2. The van der Waals surface area contributed by atoms with Crippen molar-refractivity contribution in [3.63, 3.8) is 0 Å². The fraction of sp³-hybridized carbons (Fsp3) is 0.231. The van der Waals surface area contributed by atoms with E-state index in [1.54, 1.807) is 24.1 Å². The van der Waals surface area contributed by atoms with E-state index in [9.17, 15) is 9.18 Å². The smallest absolute Gasteiger partial charge is 0.322 e. The number of amidine groups is 1. The summed E-state index contributed by atoms with van der Waals surface area (Å²) in [7, 11) is 1.62. The number of nitrogens with zero attached hydrogens (tertiary/aromatic N) is 3. The monoisotopic (exact) mass is 460 g/mol. The molecule has 2 aliphatic rings. The zero-order chi connectivity index (χ0) is 23.7. The largest absolute Gasteiger partial charge is 0.497 e. The van der Waals surface area contributed by atoms with Gasteiger partial charge in [-0.3, -0.25) is 0 Å². The number of hydrogen-bond acceptors (Lipinski definition) is 5. The first-order chi connectivity index (χ1) is 16.5. The summed E-state index contributed by atoms with van der Waals surface area (Å²) in [6.45, 7) is 3.67. The fourth-order valence-electron chi connectivity index (χ4n) is 4.28. The van der Waals surface area contributed by atoms with Gasteiger partial charge < -0.3 is 24.6 Å². The average Bonchev–Trinajstić information content (AvgIpc) is 3.00. The lowest BCUT2D eigenvalue weighted by molar-refractivity contribution is 0.145. The topological polar surface area (TPSA) is 66.4 Å². The van der Waals surface area contributed by atoms with E-state index in [4.69, 9.17) is 14.5 Å². The van der Waals surface area contributed by atoms with Crippen LogP contribution in [0.4, 0.5) is 20.6 Å². The maximum absolute atomic E-state index is 13.5. The maximum Gasteiger partial charge on any atom is 0.322 e. The van der Waals surface area contributed by atoms with Gasteiger partial charge in [-0.1, -0.05) is 18.2 Å². The molecule has 0 aliphatic carbocycles. The van der Waals surface area contributed by atoms with Gasteiger partial charge in [-0.2, -0.15) is 0 Å². The molecule has 1 saturated heterocycles. The Hall–Kier alpha value is -4.07. The van der Waals surface area contributed by atoms with Crippen molar-refractivity contribution < 1.29 is 18.7 Å². The van der Waals surface area contributed by atoms with Crippen molar-refractivity contribution in [1.82, 2.24) is 9.80 Å². The first-order valence-electron chi connectivity index (χ1n) is 11.1. The molecule has 0 spiro atoms. The number of hydrogen-bond donors (Lipinski definition) is 1. The Bertz CT molecular complexity index is 1260. The number of piperazine rings is 1. The molecule has 8 heteroatoms. The van der Waals surface area contributed by atoms with E-state index >= 15 is 0 Å². The highest BCUT2D eigenvalue weighted by Crippen LogP contribution is 2.39. The second-order valence-electron chi connectivity index (χ2n) is 8.30. The van der Waals surface area contributed by atoms with Gasteiger partial charge in [0.2, 0.25) is 0 Å². The van der Waals surface area contributed by atoms with Crippen LogP contribution in [0.2, 0.25) is 0 Å². The number of carbonyl (C=O) groups excluding carboxylic acids is 1. The molecule has 2 heterocycles. The van der Waals surface area contributed by atoms with Gasteiger partial charge in [0.15, 0.2) is 5.75 Å². The number of halogens is 1. The van der Waals surface area contributed by atoms with Gasteiger partial charge in [0, 0.05) is 37.4 Å². The number of carbonyl (C=O) groups is 1. The molecule has 0 aromatic heterocycles. The average molecular weight is 461 g/mol. The highest BCUT2D eigenvalue weighted by Gasteiger charge is 2.31. The van der Waals surface area contributed by atoms with Gasteiger partial charge in [0.05, 0.1) is 12.7 Å². The Labute approximate surface area is 197 Å². The molecule has 2 aliphatic heterocycles. The lowest BCUT2D eigenvalue weighted by Crippen LogP contribution is -2.56. The lowest BCUT2D eigenvalue weighted by Gasteiger charge is -2.41. The standard InChI is InChI=1S/C26H25FN4O3/c1-17-16-30(12-13-31(17)26(32)28-19-7-5-6-18(27)14-19)25-21-11-10-20(33-2)15-24(21)34-23-9-4-3-8-22(23)29-25/h3-11,14-15,17H,12-13,16H2,1-2H3,(H,28,32)/t17-/m0/s1. The van der Waals surface area contributed by atoms with E-state index in [2.05, 4.69) is 10.2 Å². The molecule has 0 bridgehead atoms. The molecule has 0 unspecified atom stereocenters. The number of aliphatic imine (C=N–C) groups is 1. The molecule has 1 N–H and O–H groups in total. The minimum Gasteiger partial charge on any atom is -0.497 e. The van der Waals surface area contributed by atoms with Crippen LogP contribution in [0.3, 0.4) is 0 Å². The molecule has 1 atom stereocenters. The minimum atomic E-state index is -0.389. The summed E-state index contributed by atoms with van der Waals surface area (Å²) in [6, 6.07) is 18.9. The van der Waals surface area contributed by atoms with Crippen LogP contribution in [0.15, 0.2) is 71.7 Å². The summed E-state index contributed by atoms with van der Waals surface area (Å²) in [4.78, 5) is 21.8. The Morgan fingerprint density at radius 2 is 1.94 bits per heavy atom. The Balaban J connectivity index is 1.40. The van der Waals surface area contributed by atoms with E-state index in [1.807, 2.05) is 49.4 Å². The Morgan fingerprint density at radius 1 is 1.09 bits per heavy atom. The zero-order valence-corrected chi connectivity index (χ0v) is 19.0. The predicted octanol–water partition coefficient (Wildman–Crippen LogP) is 5.26. The van der Waals surface area contributed by atoms with E-state index in [0.717, 1.165) is 17.1 Å². The van der Waals surface area contributed by atoms with Gasteiger partial charge in [0.1, 0.15) is 28.8 Å².